The first-order chi connectivity index (χ1) is 20.6. The molecule has 0 fully saturated rings. The van der Waals surface area contributed by atoms with Gasteiger partial charge in [0.25, 0.3) is 0 Å². The van der Waals surface area contributed by atoms with Crippen LogP contribution in [-0.4, -0.2) is 19.0 Å². The van der Waals surface area contributed by atoms with Crippen LogP contribution < -0.4 is 14.8 Å². The molecule has 5 nitrogen and oxygen atoms in total. The fourth-order valence-electron chi connectivity index (χ4n) is 4.84. The topological polar surface area (TPSA) is 64.6 Å². The Morgan fingerprint density at radius 1 is 0.714 bits per heavy atom. The van der Waals surface area contributed by atoms with Gasteiger partial charge in [-0.15, -0.1) is 0 Å². The Kier molecular flexibility index (Phi) is 19.4. The largest absolute Gasteiger partial charge is 0.493 e. The minimum atomic E-state index is -0.231. The van der Waals surface area contributed by atoms with Crippen molar-refractivity contribution in [1.82, 2.24) is 5.32 Å². The molecule has 5 heteroatoms. The lowest BCUT2D eigenvalue weighted by Gasteiger charge is -2.12. The van der Waals surface area contributed by atoms with Crippen molar-refractivity contribution in [2.24, 2.45) is 0 Å². The summed E-state index contributed by atoms with van der Waals surface area (Å²) in [4.78, 5) is 24.6. The second kappa shape index (κ2) is 23.3. The van der Waals surface area contributed by atoms with Gasteiger partial charge in [-0.1, -0.05) is 120 Å². The van der Waals surface area contributed by atoms with Crippen LogP contribution in [0.3, 0.4) is 0 Å². The van der Waals surface area contributed by atoms with Crippen molar-refractivity contribution in [2.75, 3.05) is 7.11 Å². The third-order valence-electron chi connectivity index (χ3n) is 7.39. The van der Waals surface area contributed by atoms with Crippen LogP contribution in [0.5, 0.6) is 11.5 Å². The van der Waals surface area contributed by atoms with Gasteiger partial charge in [-0.05, 0) is 49.1 Å². The summed E-state index contributed by atoms with van der Waals surface area (Å²) in [6, 6.07) is 15.3. The minimum absolute atomic E-state index is 0.0123. The van der Waals surface area contributed by atoms with Gasteiger partial charge in [0.15, 0.2) is 11.5 Å². The molecule has 1 amide bonds. The van der Waals surface area contributed by atoms with Crippen LogP contribution in [0.1, 0.15) is 134 Å². The van der Waals surface area contributed by atoms with Gasteiger partial charge in [-0.3, -0.25) is 9.59 Å². The van der Waals surface area contributed by atoms with E-state index in [1.165, 1.54) is 70.6 Å². The molecule has 230 valence electrons. The maximum atomic E-state index is 12.4. The van der Waals surface area contributed by atoms with E-state index in [2.05, 4.69) is 24.1 Å². The molecular weight excluding hydrogens is 522 g/mol. The molecule has 0 saturated carbocycles. The number of carbonyl (C=O) groups is 2. The van der Waals surface area contributed by atoms with E-state index in [4.69, 9.17) is 9.47 Å². The molecule has 2 rings (SSSR count). The molecule has 0 unspecified atom stereocenters. The van der Waals surface area contributed by atoms with Crippen molar-refractivity contribution in [3.8, 4) is 23.3 Å². The van der Waals surface area contributed by atoms with Gasteiger partial charge in [0.05, 0.1) is 7.11 Å². The number of benzene rings is 2. The Hall–Kier alpha value is -3.26. The summed E-state index contributed by atoms with van der Waals surface area (Å²) in [5, 5.41) is 2.96. The maximum absolute atomic E-state index is 12.4. The number of unbranched alkanes of at least 4 members (excludes halogenated alkanes) is 14. The van der Waals surface area contributed by atoms with Gasteiger partial charge < -0.3 is 14.8 Å². The molecule has 0 heterocycles. The van der Waals surface area contributed by atoms with E-state index in [0.29, 0.717) is 30.9 Å². The van der Waals surface area contributed by atoms with Crippen LogP contribution in [0.15, 0.2) is 48.5 Å². The molecule has 0 saturated heterocycles. The number of rotatable bonds is 22. The summed E-state index contributed by atoms with van der Waals surface area (Å²) in [6.45, 7) is 2.66. The first kappa shape index (κ1) is 34.9. The number of esters is 1. The van der Waals surface area contributed by atoms with Crippen LogP contribution in [0.4, 0.5) is 0 Å². The van der Waals surface area contributed by atoms with Gasteiger partial charge in [-0.2, -0.15) is 0 Å². The summed E-state index contributed by atoms with van der Waals surface area (Å²) in [5.41, 5.74) is 1.91. The van der Waals surface area contributed by atoms with E-state index in [1.807, 2.05) is 42.5 Å². The van der Waals surface area contributed by atoms with Crippen molar-refractivity contribution < 1.29 is 19.1 Å². The predicted octanol–water partition coefficient (Wildman–Crippen LogP) is 9.31. The van der Waals surface area contributed by atoms with E-state index in [0.717, 1.165) is 43.2 Å². The highest BCUT2D eigenvalue weighted by atomic mass is 16.6. The van der Waals surface area contributed by atoms with Crippen LogP contribution in [0.25, 0.3) is 0 Å². The van der Waals surface area contributed by atoms with Crippen molar-refractivity contribution in [1.29, 1.82) is 0 Å². The summed E-state index contributed by atoms with van der Waals surface area (Å²) in [7, 11) is 1.56. The Balaban J connectivity index is 1.54. The van der Waals surface area contributed by atoms with Crippen LogP contribution >= 0.6 is 0 Å². The first-order valence-corrected chi connectivity index (χ1v) is 16.3. The normalized spacial score (nSPS) is 10.5. The molecule has 0 radical (unpaired) electrons. The zero-order valence-electron chi connectivity index (χ0n) is 26.2. The average Bonchev–Trinajstić information content (AvgIpc) is 3.01. The molecule has 0 bridgehead atoms. The Morgan fingerprint density at radius 2 is 1.33 bits per heavy atom. The Morgan fingerprint density at radius 3 is 1.98 bits per heavy atom. The maximum Gasteiger partial charge on any atom is 0.311 e. The highest BCUT2D eigenvalue weighted by Gasteiger charge is 2.11. The lowest BCUT2D eigenvalue weighted by atomic mass is 10.0. The number of nitrogens with one attached hydrogen (secondary N) is 1. The lowest BCUT2D eigenvalue weighted by molar-refractivity contribution is -0.134. The number of carbonyl (C=O) groups excluding carboxylic acids is 2. The Labute approximate surface area is 255 Å². The standard InChI is InChI=1S/C37H53NO4/c1-3-4-5-6-7-8-9-10-11-12-13-14-22-27-37(40)42-34-29-28-33(30-35(34)41-2)31-38-36(39)26-21-16-15-18-23-32-24-19-17-20-25-32/h17,19-20,24-25,28-30H,3-16,21-22,26-27,31H2,1-2H3,(H,38,39). The van der Waals surface area contributed by atoms with Gasteiger partial charge >= 0.3 is 5.97 Å². The number of ether oxygens (including phenoxy) is 2. The van der Waals surface area contributed by atoms with Crippen molar-refractivity contribution in [2.45, 2.75) is 129 Å². The third-order valence-corrected chi connectivity index (χ3v) is 7.39. The van der Waals surface area contributed by atoms with Crippen molar-refractivity contribution >= 4 is 11.9 Å². The highest BCUT2D eigenvalue weighted by Crippen LogP contribution is 2.28. The third kappa shape index (κ3) is 16.9. The van der Waals surface area contributed by atoms with Crippen molar-refractivity contribution in [3.05, 3.63) is 59.7 Å². The highest BCUT2D eigenvalue weighted by molar-refractivity contribution is 5.76. The van der Waals surface area contributed by atoms with Crippen LogP contribution in [0, 0.1) is 11.8 Å². The quantitative estimate of drug-likeness (QED) is 0.0657. The first-order valence-electron chi connectivity index (χ1n) is 16.3. The van der Waals surface area contributed by atoms with Crippen LogP contribution in [0.2, 0.25) is 0 Å². The zero-order valence-corrected chi connectivity index (χ0v) is 26.2. The molecule has 1 N–H and O–H groups in total. The molecule has 0 aliphatic rings. The van der Waals surface area contributed by atoms with E-state index in [9.17, 15) is 9.59 Å². The fraction of sp³-hybridized carbons (Fsp3) is 0.568. The molecule has 42 heavy (non-hydrogen) atoms. The van der Waals surface area contributed by atoms with Crippen molar-refractivity contribution in [3.63, 3.8) is 0 Å². The summed E-state index contributed by atoms with van der Waals surface area (Å²) < 4.78 is 11.0. The molecule has 2 aromatic rings. The lowest BCUT2D eigenvalue weighted by Crippen LogP contribution is -2.22. The second-order valence-electron chi connectivity index (χ2n) is 11.1. The summed E-state index contributed by atoms with van der Waals surface area (Å²) in [5.74, 6) is 7.01. The SMILES string of the molecule is CCCCCCCCCCCCCCCC(=O)Oc1ccc(CNC(=O)CCCCC#Cc2ccccc2)cc1OC. The van der Waals surface area contributed by atoms with E-state index in [-0.39, 0.29) is 11.9 Å². The van der Waals surface area contributed by atoms with E-state index < -0.39 is 0 Å². The minimum Gasteiger partial charge on any atom is -0.493 e. The second-order valence-corrected chi connectivity index (χ2v) is 11.1. The average molecular weight is 576 g/mol. The molecular formula is C37H53NO4. The predicted molar refractivity (Wildman–Crippen MR) is 173 cm³/mol. The number of amides is 1. The number of hydrogen-bond acceptors (Lipinski definition) is 4. The van der Waals surface area contributed by atoms with E-state index >= 15 is 0 Å². The number of methoxy groups -OCH3 is 1. The molecule has 0 aliphatic heterocycles. The smallest absolute Gasteiger partial charge is 0.311 e. The van der Waals surface area contributed by atoms with Gasteiger partial charge in [0.1, 0.15) is 0 Å². The molecule has 0 aliphatic carbocycles. The monoisotopic (exact) mass is 575 g/mol. The molecule has 0 aromatic heterocycles. The summed E-state index contributed by atoms with van der Waals surface area (Å²) in [6.07, 6.45) is 19.9. The summed E-state index contributed by atoms with van der Waals surface area (Å²) >= 11 is 0. The molecule has 0 spiro atoms. The Bertz CT molecular complexity index is 1070. The molecule has 0 atom stereocenters. The van der Waals surface area contributed by atoms with Gasteiger partial charge in [0, 0.05) is 31.4 Å². The fourth-order valence-corrected chi connectivity index (χ4v) is 4.84. The van der Waals surface area contributed by atoms with Gasteiger partial charge in [0.2, 0.25) is 5.91 Å². The van der Waals surface area contributed by atoms with Gasteiger partial charge in [-0.25, -0.2) is 0 Å². The van der Waals surface area contributed by atoms with E-state index in [1.54, 1.807) is 13.2 Å². The molecule has 2 aromatic carbocycles. The number of hydrogen-bond donors (Lipinski definition) is 1. The zero-order chi connectivity index (χ0) is 30.1. The van der Waals surface area contributed by atoms with Crippen LogP contribution in [-0.2, 0) is 16.1 Å².